The summed E-state index contributed by atoms with van der Waals surface area (Å²) in [4.78, 5) is 0.121. The minimum atomic E-state index is -4.03. The maximum atomic E-state index is 13.7. The summed E-state index contributed by atoms with van der Waals surface area (Å²) in [6, 6.07) is 23.2. The van der Waals surface area contributed by atoms with E-state index in [1.807, 2.05) is 30.3 Å². The van der Waals surface area contributed by atoms with Crippen LogP contribution in [0, 0.1) is 6.92 Å². The molecule has 0 aliphatic carbocycles. The van der Waals surface area contributed by atoms with Crippen LogP contribution in [0.1, 0.15) is 5.69 Å². The quantitative estimate of drug-likeness (QED) is 0.328. The Morgan fingerprint density at radius 2 is 1.61 bits per heavy atom. The number of hydrogen-bond acceptors (Lipinski definition) is 5. The third-order valence-corrected chi connectivity index (χ3v) is 7.38. The number of aryl methyl sites for hydroxylation is 1. The molecule has 0 amide bonds. The molecule has 0 saturated heterocycles. The minimum Gasteiger partial charge on any atom is -0.497 e. The van der Waals surface area contributed by atoms with Crippen LogP contribution in [0.5, 0.6) is 5.75 Å². The molecule has 0 fully saturated rings. The Kier molecular flexibility index (Phi) is 5.84. The molecule has 0 radical (unpaired) electrons. The van der Waals surface area contributed by atoms with Gasteiger partial charge >= 0.3 is 0 Å². The lowest BCUT2D eigenvalue weighted by atomic mass is 10.1. The molecule has 0 unspecified atom stereocenters. The van der Waals surface area contributed by atoms with Crippen LogP contribution in [0.3, 0.4) is 0 Å². The van der Waals surface area contributed by atoms with E-state index in [1.165, 1.54) is 7.11 Å². The van der Waals surface area contributed by atoms with E-state index in [-0.39, 0.29) is 10.8 Å². The standard InChI is InChI=1S/C23H19BrN2O4S/c1-16-22(24)23(30-25-16)26(19-9-6-10-20(15-19)29-2)31(27,28)21-13-11-18(12-14-21)17-7-4-3-5-8-17/h3-15H,1-2H3. The summed E-state index contributed by atoms with van der Waals surface area (Å²) in [5.41, 5.74) is 2.83. The van der Waals surface area contributed by atoms with Crippen molar-refractivity contribution in [3.05, 3.63) is 89.0 Å². The van der Waals surface area contributed by atoms with E-state index in [4.69, 9.17) is 9.26 Å². The number of anilines is 2. The van der Waals surface area contributed by atoms with Crippen LogP contribution in [-0.4, -0.2) is 20.7 Å². The second-order valence-corrected chi connectivity index (χ2v) is 9.33. The summed E-state index contributed by atoms with van der Waals surface area (Å²) in [6.45, 7) is 1.72. The molecule has 8 heteroatoms. The zero-order valence-corrected chi connectivity index (χ0v) is 19.2. The Morgan fingerprint density at radius 3 is 2.23 bits per heavy atom. The normalized spacial score (nSPS) is 11.3. The van der Waals surface area contributed by atoms with Gasteiger partial charge in [-0.1, -0.05) is 53.7 Å². The van der Waals surface area contributed by atoms with Crippen molar-refractivity contribution in [2.24, 2.45) is 0 Å². The second kappa shape index (κ2) is 8.56. The van der Waals surface area contributed by atoms with Gasteiger partial charge in [-0.2, -0.15) is 4.31 Å². The molecule has 31 heavy (non-hydrogen) atoms. The van der Waals surface area contributed by atoms with Gasteiger partial charge in [-0.15, -0.1) is 0 Å². The van der Waals surface area contributed by atoms with Crippen LogP contribution < -0.4 is 9.04 Å². The molecule has 1 heterocycles. The number of rotatable bonds is 6. The maximum absolute atomic E-state index is 13.7. The largest absolute Gasteiger partial charge is 0.497 e. The van der Waals surface area contributed by atoms with Crippen LogP contribution >= 0.6 is 15.9 Å². The van der Waals surface area contributed by atoms with Crippen molar-refractivity contribution in [1.82, 2.24) is 5.16 Å². The van der Waals surface area contributed by atoms with Gasteiger partial charge in [0.25, 0.3) is 15.9 Å². The van der Waals surface area contributed by atoms with E-state index >= 15 is 0 Å². The van der Waals surface area contributed by atoms with Gasteiger partial charge in [0.05, 0.1) is 23.4 Å². The highest BCUT2D eigenvalue weighted by molar-refractivity contribution is 9.10. The number of methoxy groups -OCH3 is 1. The molecule has 0 spiro atoms. The van der Waals surface area contributed by atoms with Crippen molar-refractivity contribution in [3.8, 4) is 16.9 Å². The van der Waals surface area contributed by atoms with Crippen molar-refractivity contribution in [1.29, 1.82) is 0 Å². The molecule has 158 valence electrons. The van der Waals surface area contributed by atoms with Crippen LogP contribution in [0.2, 0.25) is 0 Å². The number of aromatic nitrogens is 1. The van der Waals surface area contributed by atoms with Gasteiger partial charge < -0.3 is 9.26 Å². The molecule has 0 aliphatic heterocycles. The van der Waals surface area contributed by atoms with Crippen molar-refractivity contribution < 1.29 is 17.7 Å². The molecular weight excluding hydrogens is 480 g/mol. The molecule has 1 aromatic heterocycles. The summed E-state index contributed by atoms with van der Waals surface area (Å²) < 4.78 is 39.7. The first-order valence-electron chi connectivity index (χ1n) is 9.38. The van der Waals surface area contributed by atoms with Crippen LogP contribution in [0.4, 0.5) is 11.6 Å². The summed E-state index contributed by atoms with van der Waals surface area (Å²) in [7, 11) is -2.50. The molecule has 0 saturated carbocycles. The van der Waals surface area contributed by atoms with Crippen molar-refractivity contribution in [2.75, 3.05) is 11.4 Å². The SMILES string of the molecule is COc1cccc(N(c2onc(C)c2Br)S(=O)(=O)c2ccc(-c3ccccc3)cc2)c1. The third-order valence-electron chi connectivity index (χ3n) is 4.75. The predicted molar refractivity (Wildman–Crippen MR) is 123 cm³/mol. The number of ether oxygens (including phenoxy) is 1. The molecule has 0 atom stereocenters. The highest BCUT2D eigenvalue weighted by Crippen LogP contribution is 2.39. The third kappa shape index (κ3) is 4.08. The Balaban J connectivity index is 1.83. The topological polar surface area (TPSA) is 72.6 Å². The summed E-state index contributed by atoms with van der Waals surface area (Å²) in [5, 5.41) is 3.91. The zero-order valence-electron chi connectivity index (χ0n) is 16.8. The van der Waals surface area contributed by atoms with Gasteiger partial charge in [0.15, 0.2) is 0 Å². The average Bonchev–Trinajstić information content (AvgIpc) is 3.12. The first-order valence-corrected chi connectivity index (χ1v) is 11.6. The van der Waals surface area contributed by atoms with E-state index in [0.717, 1.165) is 15.4 Å². The smallest absolute Gasteiger partial charge is 0.271 e. The Bertz CT molecular complexity index is 1300. The van der Waals surface area contributed by atoms with Crippen molar-refractivity contribution >= 4 is 37.5 Å². The van der Waals surface area contributed by atoms with Crippen molar-refractivity contribution in [2.45, 2.75) is 11.8 Å². The van der Waals surface area contributed by atoms with E-state index in [9.17, 15) is 8.42 Å². The lowest BCUT2D eigenvalue weighted by Gasteiger charge is -2.22. The van der Waals surface area contributed by atoms with E-state index < -0.39 is 10.0 Å². The Morgan fingerprint density at radius 1 is 0.935 bits per heavy atom. The van der Waals surface area contributed by atoms with Gasteiger partial charge in [-0.25, -0.2) is 8.42 Å². The van der Waals surface area contributed by atoms with Gasteiger partial charge in [-0.05, 0) is 58.2 Å². The highest BCUT2D eigenvalue weighted by atomic mass is 79.9. The first kappa shape index (κ1) is 21.1. The summed E-state index contributed by atoms with van der Waals surface area (Å²) >= 11 is 3.40. The lowest BCUT2D eigenvalue weighted by Crippen LogP contribution is -2.26. The second-order valence-electron chi connectivity index (χ2n) is 6.75. The number of sulfonamides is 1. The molecular formula is C23H19BrN2O4S. The van der Waals surface area contributed by atoms with Gasteiger partial charge in [0, 0.05) is 6.07 Å². The minimum absolute atomic E-state index is 0.0675. The monoisotopic (exact) mass is 498 g/mol. The number of benzene rings is 3. The number of hydrogen-bond donors (Lipinski definition) is 0. The van der Waals surface area contributed by atoms with Gasteiger partial charge in [0.1, 0.15) is 10.2 Å². The molecule has 0 aliphatic rings. The molecule has 0 bridgehead atoms. The average molecular weight is 499 g/mol. The Labute approximate surface area is 189 Å². The van der Waals surface area contributed by atoms with E-state index in [0.29, 0.717) is 21.6 Å². The van der Waals surface area contributed by atoms with Gasteiger partial charge in [-0.3, -0.25) is 0 Å². The van der Waals surface area contributed by atoms with Crippen LogP contribution in [-0.2, 0) is 10.0 Å². The lowest BCUT2D eigenvalue weighted by molar-refractivity contribution is 0.414. The van der Waals surface area contributed by atoms with Crippen LogP contribution in [0.25, 0.3) is 11.1 Å². The number of nitrogens with zero attached hydrogens (tertiary/aromatic N) is 2. The van der Waals surface area contributed by atoms with E-state index in [1.54, 1.807) is 55.5 Å². The zero-order chi connectivity index (χ0) is 22.0. The maximum Gasteiger partial charge on any atom is 0.271 e. The Hall–Kier alpha value is -3.10. The predicted octanol–water partition coefficient (Wildman–Crippen LogP) is 5.95. The number of halogens is 1. The fourth-order valence-electron chi connectivity index (χ4n) is 3.13. The molecule has 4 rings (SSSR count). The van der Waals surface area contributed by atoms with Crippen molar-refractivity contribution in [3.63, 3.8) is 0 Å². The molecule has 3 aromatic carbocycles. The first-order chi connectivity index (χ1) is 14.9. The van der Waals surface area contributed by atoms with E-state index in [2.05, 4.69) is 21.1 Å². The highest BCUT2D eigenvalue weighted by Gasteiger charge is 2.32. The fraction of sp³-hybridized carbons (Fsp3) is 0.0870. The summed E-state index contributed by atoms with van der Waals surface area (Å²) in [5.74, 6) is 0.586. The summed E-state index contributed by atoms with van der Waals surface area (Å²) in [6.07, 6.45) is 0. The molecule has 4 aromatic rings. The van der Waals surface area contributed by atoms with Crippen LogP contribution in [0.15, 0.2) is 92.8 Å². The fourth-order valence-corrected chi connectivity index (χ4v) is 4.99. The molecule has 6 nitrogen and oxygen atoms in total. The molecule has 0 N–H and O–H groups in total. The van der Waals surface area contributed by atoms with Gasteiger partial charge in [0.2, 0.25) is 0 Å².